The number of benzene rings is 2. The fourth-order valence-electron chi connectivity index (χ4n) is 4.85. The number of alkyl halides is 2. The predicted molar refractivity (Wildman–Crippen MR) is 174 cm³/mol. The van der Waals surface area contributed by atoms with Crippen molar-refractivity contribution in [2.75, 3.05) is 13.2 Å². The van der Waals surface area contributed by atoms with E-state index in [1.165, 1.54) is 17.3 Å². The summed E-state index contributed by atoms with van der Waals surface area (Å²) in [6.45, 7) is 3.60. The van der Waals surface area contributed by atoms with Gasteiger partial charge in [-0.05, 0) is 66.1 Å². The van der Waals surface area contributed by atoms with Crippen molar-refractivity contribution in [1.29, 1.82) is 5.41 Å². The zero-order chi connectivity index (χ0) is 33.7. The first-order valence-electron chi connectivity index (χ1n) is 15.2. The molecular formula is C33H37ClF2N8O3. The van der Waals surface area contributed by atoms with Crippen LogP contribution < -0.4 is 10.6 Å². The largest absolute Gasteiger partial charge is 0.447 e. The Balaban J connectivity index is 1.51. The van der Waals surface area contributed by atoms with E-state index in [1.54, 1.807) is 54.7 Å². The van der Waals surface area contributed by atoms with E-state index in [0.29, 0.717) is 50.6 Å². The van der Waals surface area contributed by atoms with Crippen LogP contribution in [0.2, 0.25) is 5.02 Å². The second-order valence-electron chi connectivity index (χ2n) is 12.6. The van der Waals surface area contributed by atoms with Crippen molar-refractivity contribution in [3.8, 4) is 22.4 Å². The number of alkyl carbamates (subject to hydrolysis) is 1. The molecule has 1 atom stereocenters. The van der Waals surface area contributed by atoms with E-state index >= 15 is 0 Å². The van der Waals surface area contributed by atoms with Crippen LogP contribution in [0.4, 0.5) is 13.6 Å². The Hall–Kier alpha value is -4.78. The number of ether oxygens (including phenoxy) is 1. The molecule has 1 aliphatic rings. The second kappa shape index (κ2) is 14.3. The van der Waals surface area contributed by atoms with Gasteiger partial charge in [0.25, 0.3) is 5.91 Å². The van der Waals surface area contributed by atoms with Crippen molar-refractivity contribution in [3.05, 3.63) is 83.3 Å². The lowest BCUT2D eigenvalue weighted by Gasteiger charge is -2.33. The molecule has 0 radical (unpaired) electrons. The maximum absolute atomic E-state index is 14.3. The van der Waals surface area contributed by atoms with Crippen LogP contribution in [-0.4, -0.2) is 62.0 Å². The van der Waals surface area contributed by atoms with Crippen molar-refractivity contribution in [2.24, 2.45) is 5.41 Å². The van der Waals surface area contributed by atoms with Crippen molar-refractivity contribution in [3.63, 3.8) is 0 Å². The van der Waals surface area contributed by atoms with E-state index in [1.807, 2.05) is 0 Å². The van der Waals surface area contributed by atoms with Gasteiger partial charge in [-0.1, -0.05) is 50.6 Å². The Bertz CT molecular complexity index is 1700. The molecule has 0 saturated heterocycles. The first-order chi connectivity index (χ1) is 22.4. The van der Waals surface area contributed by atoms with E-state index in [0.717, 1.165) is 12.8 Å². The summed E-state index contributed by atoms with van der Waals surface area (Å²) < 4.78 is 32.4. The molecule has 2 amide bonds. The number of guanidine groups is 1. The predicted octanol–water partition coefficient (Wildman–Crippen LogP) is 7.02. The molecule has 1 fully saturated rings. The van der Waals surface area contributed by atoms with Gasteiger partial charge < -0.3 is 15.4 Å². The fraction of sp³-hybridized carbons (Fsp3) is 0.364. The quantitative estimate of drug-likeness (QED) is 0.100. The summed E-state index contributed by atoms with van der Waals surface area (Å²) in [4.78, 5) is 28.3. The molecule has 0 aliphatic heterocycles. The molecule has 2 aromatic heterocycles. The monoisotopic (exact) mass is 666 g/mol. The molecule has 4 aromatic rings. The number of halogens is 3. The molecular weight excluding hydrogens is 630 g/mol. The topological polar surface area (TPSA) is 141 Å². The highest BCUT2D eigenvalue weighted by Gasteiger charge is 2.33. The van der Waals surface area contributed by atoms with Crippen LogP contribution in [0, 0.1) is 10.8 Å². The SMILES string of the molecule is CC(C)(C)CCNC(=N)N(C(=O)c1ccc(-c2cnn(C(F)F)c2)cc1)[C@H](COC(=O)NC1CC1)c1ccc(Cl)c(-c2cc[nH]n2)c1. The van der Waals surface area contributed by atoms with Crippen LogP contribution in [0.3, 0.4) is 0 Å². The molecule has 2 heterocycles. The molecule has 11 nitrogen and oxygen atoms in total. The zero-order valence-electron chi connectivity index (χ0n) is 26.3. The molecule has 1 saturated carbocycles. The van der Waals surface area contributed by atoms with Gasteiger partial charge in [-0.15, -0.1) is 0 Å². The summed E-state index contributed by atoms with van der Waals surface area (Å²) in [6.07, 6.45) is 6.04. The third-order valence-corrected chi connectivity index (χ3v) is 7.96. The number of nitrogens with zero attached hydrogens (tertiary/aromatic N) is 4. The lowest BCUT2D eigenvalue weighted by molar-refractivity contribution is 0.0566. The molecule has 1 aliphatic carbocycles. The standard InChI is InChI=1S/C33H37ClF2N8O3/c1-33(2,3)13-15-38-31(37)44(29(45)21-6-4-20(5-7-21)23-17-40-43(18-23)30(35)36)28(19-47-32(46)41-24-9-10-24)22-8-11-26(34)25(16-22)27-12-14-39-42-27/h4-8,11-12,14,16-18,24,28,30H,9-10,13,15,19H2,1-3H3,(H2,37,38)(H,39,42)(H,41,46)/t28-/m1/s1. The number of nitrogens with one attached hydrogen (secondary N) is 4. The number of H-pyrrole nitrogens is 1. The van der Waals surface area contributed by atoms with Crippen LogP contribution in [0.15, 0.2) is 67.1 Å². The van der Waals surface area contributed by atoms with Gasteiger partial charge in [0, 0.05) is 41.7 Å². The van der Waals surface area contributed by atoms with Crippen molar-refractivity contribution in [2.45, 2.75) is 58.7 Å². The Kier molecular flexibility index (Phi) is 10.2. The van der Waals surface area contributed by atoms with E-state index in [-0.39, 0.29) is 29.6 Å². The molecule has 5 rings (SSSR count). The average molecular weight is 667 g/mol. The number of carbonyl (C=O) groups is 2. The summed E-state index contributed by atoms with van der Waals surface area (Å²) in [6, 6.07) is 12.4. The Morgan fingerprint density at radius 1 is 1.15 bits per heavy atom. The van der Waals surface area contributed by atoms with E-state index in [9.17, 15) is 18.4 Å². The van der Waals surface area contributed by atoms with Crippen LogP contribution in [-0.2, 0) is 4.74 Å². The highest BCUT2D eigenvalue weighted by atomic mass is 35.5. The smallest absolute Gasteiger partial charge is 0.407 e. The van der Waals surface area contributed by atoms with E-state index in [2.05, 4.69) is 46.7 Å². The van der Waals surface area contributed by atoms with Gasteiger partial charge in [0.2, 0.25) is 0 Å². The number of amides is 2. The number of carbonyl (C=O) groups excluding carboxylic acids is 2. The van der Waals surface area contributed by atoms with Gasteiger partial charge in [-0.2, -0.15) is 19.0 Å². The number of aromatic nitrogens is 4. The van der Waals surface area contributed by atoms with Crippen LogP contribution in [0.5, 0.6) is 0 Å². The number of hydrogen-bond donors (Lipinski definition) is 4. The Morgan fingerprint density at radius 3 is 2.51 bits per heavy atom. The molecule has 2 aromatic carbocycles. The molecule has 0 unspecified atom stereocenters. The van der Waals surface area contributed by atoms with E-state index in [4.69, 9.17) is 21.7 Å². The van der Waals surface area contributed by atoms with Gasteiger partial charge in [0.15, 0.2) is 5.96 Å². The Labute approximate surface area is 276 Å². The lowest BCUT2D eigenvalue weighted by Crippen LogP contribution is -2.48. The third-order valence-electron chi connectivity index (χ3n) is 7.63. The van der Waals surface area contributed by atoms with Crippen LogP contribution in [0.25, 0.3) is 22.4 Å². The number of hydrogen-bond acceptors (Lipinski definition) is 6. The average Bonchev–Trinajstić information content (AvgIpc) is 3.45. The molecule has 0 bridgehead atoms. The molecule has 4 N–H and O–H groups in total. The van der Waals surface area contributed by atoms with Crippen LogP contribution >= 0.6 is 11.6 Å². The van der Waals surface area contributed by atoms with Gasteiger partial charge in [0.05, 0.1) is 23.0 Å². The zero-order valence-corrected chi connectivity index (χ0v) is 27.0. The Morgan fingerprint density at radius 2 is 1.89 bits per heavy atom. The van der Waals surface area contributed by atoms with Crippen molar-refractivity contribution >= 4 is 29.6 Å². The number of aromatic amines is 1. The summed E-state index contributed by atoms with van der Waals surface area (Å²) in [5.41, 5.74) is 2.95. The van der Waals surface area contributed by atoms with Crippen LogP contribution in [0.1, 0.15) is 68.5 Å². The summed E-state index contributed by atoms with van der Waals surface area (Å²) >= 11 is 6.55. The van der Waals surface area contributed by atoms with Gasteiger partial charge in [-0.3, -0.25) is 20.2 Å². The lowest BCUT2D eigenvalue weighted by atomic mass is 9.92. The van der Waals surface area contributed by atoms with Gasteiger partial charge >= 0.3 is 12.6 Å². The summed E-state index contributed by atoms with van der Waals surface area (Å²) in [7, 11) is 0. The normalized spacial score (nSPS) is 13.7. The minimum Gasteiger partial charge on any atom is -0.447 e. The first-order valence-corrected chi connectivity index (χ1v) is 15.6. The molecule has 248 valence electrons. The van der Waals surface area contributed by atoms with Crippen molar-refractivity contribution in [1.82, 2.24) is 35.5 Å². The highest BCUT2D eigenvalue weighted by molar-refractivity contribution is 6.33. The summed E-state index contributed by atoms with van der Waals surface area (Å²) in [5, 5.41) is 26.1. The van der Waals surface area contributed by atoms with Crippen molar-refractivity contribution < 1.29 is 23.1 Å². The second-order valence-corrected chi connectivity index (χ2v) is 13.0. The maximum Gasteiger partial charge on any atom is 0.407 e. The number of rotatable bonds is 11. The summed E-state index contributed by atoms with van der Waals surface area (Å²) in [5.74, 6) is -0.727. The van der Waals surface area contributed by atoms with Gasteiger partial charge in [0.1, 0.15) is 6.61 Å². The minimum absolute atomic E-state index is 0.0336. The maximum atomic E-state index is 14.3. The molecule has 0 spiro atoms. The fourth-order valence-corrected chi connectivity index (χ4v) is 5.06. The third kappa shape index (κ3) is 8.73. The van der Waals surface area contributed by atoms with Gasteiger partial charge in [-0.25, -0.2) is 9.48 Å². The molecule has 14 heteroatoms. The molecule has 47 heavy (non-hydrogen) atoms. The van der Waals surface area contributed by atoms with E-state index < -0.39 is 24.6 Å². The first kappa shape index (κ1) is 33.6. The highest BCUT2D eigenvalue weighted by Crippen LogP contribution is 2.33. The minimum atomic E-state index is -2.78.